The van der Waals surface area contributed by atoms with Gasteiger partial charge in [0, 0.05) is 36.8 Å². The summed E-state index contributed by atoms with van der Waals surface area (Å²) in [5.74, 6) is 1.49. The van der Waals surface area contributed by atoms with Gasteiger partial charge in [-0.25, -0.2) is 13.8 Å². The summed E-state index contributed by atoms with van der Waals surface area (Å²) >= 11 is 0. The van der Waals surface area contributed by atoms with Crippen LogP contribution in [-0.2, 0) is 4.79 Å². The topological polar surface area (TPSA) is 99.8 Å². The Hall–Kier alpha value is -3.51. The van der Waals surface area contributed by atoms with Crippen molar-refractivity contribution in [1.82, 2.24) is 9.88 Å². The maximum absolute atomic E-state index is 13.3. The summed E-state index contributed by atoms with van der Waals surface area (Å²) in [4.78, 5) is 30.9. The number of alkyl halides is 2. The first-order valence-electron chi connectivity index (χ1n) is 9.63. The molecule has 2 amide bonds. The van der Waals surface area contributed by atoms with E-state index < -0.39 is 36.4 Å². The summed E-state index contributed by atoms with van der Waals surface area (Å²) in [5.41, 5.74) is 5.54. The van der Waals surface area contributed by atoms with E-state index in [0.717, 1.165) is 0 Å². The second-order valence-corrected chi connectivity index (χ2v) is 7.84. The minimum absolute atomic E-state index is 0.0342. The maximum Gasteiger partial charge on any atom is 0.282 e. The van der Waals surface area contributed by atoms with Crippen LogP contribution < -0.4 is 10.6 Å². The number of carbonyl (C=O) groups excluding carboxylic acids is 2. The molecule has 0 unspecified atom stereocenters. The van der Waals surface area contributed by atoms with Gasteiger partial charge in [-0.1, -0.05) is 24.0 Å². The van der Waals surface area contributed by atoms with Crippen LogP contribution >= 0.6 is 0 Å². The molecule has 0 spiro atoms. The van der Waals surface area contributed by atoms with Crippen molar-refractivity contribution < 1.29 is 23.5 Å². The summed E-state index contributed by atoms with van der Waals surface area (Å²) in [6.45, 7) is -0.464. The Labute approximate surface area is 177 Å². The summed E-state index contributed by atoms with van der Waals surface area (Å²) in [6, 6.07) is 9.83. The van der Waals surface area contributed by atoms with Crippen molar-refractivity contribution in [3.63, 3.8) is 0 Å². The smallest absolute Gasteiger partial charge is 0.282 e. The summed E-state index contributed by atoms with van der Waals surface area (Å²) < 4.78 is 26.6. The number of aromatic nitrogens is 1. The molecule has 0 aliphatic carbocycles. The molecule has 0 saturated carbocycles. The van der Waals surface area contributed by atoms with Crippen LogP contribution in [0.1, 0.15) is 22.5 Å². The average molecular weight is 426 g/mol. The number of halogens is 2. The van der Waals surface area contributed by atoms with Crippen LogP contribution in [0.25, 0.3) is 11.3 Å². The van der Waals surface area contributed by atoms with Crippen molar-refractivity contribution >= 4 is 17.5 Å². The van der Waals surface area contributed by atoms with Gasteiger partial charge in [-0.05, 0) is 24.3 Å². The SMILES string of the molecule is CN1CC[C@@](O)(C#Cc2cccc(-c3cc(N4CC(F)(F)C4)cc(C(N)=O)n3)c2)C1=O. The lowest BCUT2D eigenvalue weighted by Crippen LogP contribution is -2.56. The second-order valence-electron chi connectivity index (χ2n) is 7.84. The molecule has 2 fully saturated rings. The number of carbonyl (C=O) groups is 2. The number of amides is 2. The standard InChI is InChI=1S/C22H20F2N4O3/c1-27-8-7-21(31,20(27)30)6-5-14-3-2-4-15(9-14)17-10-16(11-18(26-17)19(25)29)28-12-22(23,24)13-28/h2-4,9-11,31H,7-8,12-13H2,1H3,(H2,25,29)/t21-/m0/s1. The van der Waals surface area contributed by atoms with Crippen LogP contribution in [0.3, 0.4) is 0 Å². The fourth-order valence-corrected chi connectivity index (χ4v) is 3.57. The Morgan fingerprint density at radius 2 is 2.00 bits per heavy atom. The highest BCUT2D eigenvalue weighted by Crippen LogP contribution is 2.34. The molecule has 9 heteroatoms. The number of primary amides is 1. The molecule has 2 aliphatic heterocycles. The molecular formula is C22H20F2N4O3. The molecule has 1 aromatic carbocycles. The molecule has 2 saturated heterocycles. The molecule has 2 aliphatic rings. The molecule has 1 aromatic heterocycles. The van der Waals surface area contributed by atoms with Crippen molar-refractivity contribution in [2.45, 2.75) is 17.9 Å². The summed E-state index contributed by atoms with van der Waals surface area (Å²) in [5, 5.41) is 10.5. The molecule has 0 radical (unpaired) electrons. The molecule has 0 bridgehead atoms. The first-order valence-corrected chi connectivity index (χ1v) is 9.63. The third kappa shape index (κ3) is 4.07. The fraction of sp³-hybridized carbons (Fsp3) is 0.318. The lowest BCUT2D eigenvalue weighted by Gasteiger charge is -2.40. The summed E-state index contributed by atoms with van der Waals surface area (Å²) in [6.07, 6.45) is 0.223. The van der Waals surface area contributed by atoms with Gasteiger partial charge in [0.05, 0.1) is 18.8 Å². The monoisotopic (exact) mass is 426 g/mol. The molecule has 2 aromatic rings. The van der Waals surface area contributed by atoms with Gasteiger partial charge >= 0.3 is 0 Å². The zero-order chi connectivity index (χ0) is 22.4. The number of hydrogen-bond donors (Lipinski definition) is 2. The van der Waals surface area contributed by atoms with Crippen molar-refractivity contribution in [3.8, 4) is 23.1 Å². The van der Waals surface area contributed by atoms with E-state index in [1.165, 1.54) is 15.9 Å². The number of benzene rings is 1. The molecule has 7 nitrogen and oxygen atoms in total. The highest BCUT2D eigenvalue weighted by molar-refractivity contribution is 5.93. The van der Waals surface area contributed by atoms with Crippen LogP contribution in [0.4, 0.5) is 14.5 Å². The fourth-order valence-electron chi connectivity index (χ4n) is 3.57. The first-order chi connectivity index (χ1) is 14.6. The number of nitrogens with two attached hydrogens (primary N) is 1. The van der Waals surface area contributed by atoms with E-state index in [-0.39, 0.29) is 12.1 Å². The quantitative estimate of drug-likeness (QED) is 0.720. The number of nitrogens with zero attached hydrogens (tertiary/aromatic N) is 3. The van der Waals surface area contributed by atoms with Crippen molar-refractivity contribution in [1.29, 1.82) is 0 Å². The van der Waals surface area contributed by atoms with Crippen LogP contribution in [-0.4, -0.2) is 65.0 Å². The minimum Gasteiger partial charge on any atom is -0.369 e. The maximum atomic E-state index is 13.3. The molecule has 1 atom stereocenters. The van der Waals surface area contributed by atoms with E-state index >= 15 is 0 Å². The van der Waals surface area contributed by atoms with E-state index in [2.05, 4.69) is 16.8 Å². The Kier molecular flexibility index (Phi) is 4.90. The van der Waals surface area contributed by atoms with E-state index in [1.807, 2.05) is 0 Å². The van der Waals surface area contributed by atoms with Gasteiger partial charge in [-0.2, -0.15) is 0 Å². The van der Waals surface area contributed by atoms with Crippen molar-refractivity contribution in [3.05, 3.63) is 47.7 Å². The van der Waals surface area contributed by atoms with Crippen molar-refractivity contribution in [2.75, 3.05) is 31.6 Å². The Morgan fingerprint density at radius 3 is 2.61 bits per heavy atom. The number of likely N-dealkylation sites (N-methyl/N-ethyl adjacent to an activating group) is 1. The number of hydrogen-bond acceptors (Lipinski definition) is 5. The van der Waals surface area contributed by atoms with E-state index in [0.29, 0.717) is 29.1 Å². The largest absolute Gasteiger partial charge is 0.369 e. The lowest BCUT2D eigenvalue weighted by atomic mass is 10.0. The Balaban J connectivity index is 1.67. The molecule has 160 valence electrons. The van der Waals surface area contributed by atoms with E-state index in [9.17, 15) is 23.5 Å². The van der Waals surface area contributed by atoms with E-state index in [1.54, 1.807) is 37.4 Å². The van der Waals surface area contributed by atoms with Gasteiger partial charge in [0.25, 0.3) is 17.7 Å². The number of pyridine rings is 1. The van der Waals surface area contributed by atoms with Gasteiger partial charge in [-0.3, -0.25) is 9.59 Å². The minimum atomic E-state index is -2.77. The predicted octanol–water partition coefficient (Wildman–Crippen LogP) is 1.25. The molecule has 31 heavy (non-hydrogen) atoms. The van der Waals surface area contributed by atoms with Gasteiger partial charge in [0.1, 0.15) is 5.69 Å². The molecule has 4 rings (SSSR count). The first kappa shape index (κ1) is 20.8. The number of likely N-dealkylation sites (tertiary alicyclic amines) is 1. The predicted molar refractivity (Wildman–Crippen MR) is 109 cm³/mol. The number of anilines is 1. The van der Waals surface area contributed by atoms with Crippen LogP contribution in [0, 0.1) is 11.8 Å². The molecule has 3 N–H and O–H groups in total. The van der Waals surface area contributed by atoms with Gasteiger partial charge in [-0.15, -0.1) is 0 Å². The zero-order valence-corrected chi connectivity index (χ0v) is 16.7. The van der Waals surface area contributed by atoms with Gasteiger partial charge in [0.15, 0.2) is 0 Å². The third-order valence-electron chi connectivity index (χ3n) is 5.35. The molecular weight excluding hydrogens is 406 g/mol. The highest BCUT2D eigenvalue weighted by Gasteiger charge is 2.44. The van der Waals surface area contributed by atoms with Crippen LogP contribution in [0.15, 0.2) is 36.4 Å². The van der Waals surface area contributed by atoms with Crippen LogP contribution in [0.5, 0.6) is 0 Å². The molecule has 3 heterocycles. The van der Waals surface area contributed by atoms with Crippen molar-refractivity contribution in [2.24, 2.45) is 5.73 Å². The normalized spacial score (nSPS) is 22.0. The Morgan fingerprint density at radius 1 is 1.26 bits per heavy atom. The second kappa shape index (κ2) is 7.32. The number of aliphatic hydroxyl groups is 1. The van der Waals surface area contributed by atoms with Gasteiger partial charge in [0.2, 0.25) is 5.60 Å². The number of rotatable bonds is 3. The zero-order valence-electron chi connectivity index (χ0n) is 16.7. The average Bonchev–Trinajstić information content (AvgIpc) is 2.98. The van der Waals surface area contributed by atoms with Crippen LogP contribution in [0.2, 0.25) is 0 Å². The van der Waals surface area contributed by atoms with Gasteiger partial charge < -0.3 is 20.6 Å². The summed E-state index contributed by atoms with van der Waals surface area (Å²) in [7, 11) is 1.60. The highest BCUT2D eigenvalue weighted by atomic mass is 19.3. The lowest BCUT2D eigenvalue weighted by molar-refractivity contribution is -0.137. The third-order valence-corrected chi connectivity index (χ3v) is 5.35. The van der Waals surface area contributed by atoms with E-state index in [4.69, 9.17) is 5.73 Å². The Bertz CT molecular complexity index is 1130.